The van der Waals surface area contributed by atoms with Crippen molar-refractivity contribution >= 4 is 32.6 Å². The number of amides is 1. The highest BCUT2D eigenvalue weighted by Crippen LogP contribution is 2.33. The molecule has 4 aromatic rings. The highest BCUT2D eigenvalue weighted by atomic mass is 32.1. The SMILES string of the molecule is Cc1ccc2sc(N(Cc3ccccc3)C(=O)c3ncoc3C)nc2c1C. The van der Waals surface area contributed by atoms with Crippen molar-refractivity contribution < 1.29 is 9.21 Å². The molecule has 1 amide bonds. The topological polar surface area (TPSA) is 59.2 Å². The number of hydrogen-bond acceptors (Lipinski definition) is 5. The molecule has 0 unspecified atom stereocenters. The molecule has 0 bridgehead atoms. The normalized spacial score (nSPS) is 11.1. The molecule has 0 radical (unpaired) electrons. The van der Waals surface area contributed by atoms with Crippen LogP contribution < -0.4 is 4.90 Å². The van der Waals surface area contributed by atoms with Crippen LogP contribution in [0.1, 0.15) is 32.9 Å². The molecular weight excluding hydrogens is 358 g/mol. The van der Waals surface area contributed by atoms with Gasteiger partial charge >= 0.3 is 0 Å². The van der Waals surface area contributed by atoms with Crippen LogP contribution in [-0.4, -0.2) is 15.9 Å². The van der Waals surface area contributed by atoms with Crippen molar-refractivity contribution in [2.45, 2.75) is 27.3 Å². The summed E-state index contributed by atoms with van der Waals surface area (Å²) in [6.45, 7) is 6.29. The summed E-state index contributed by atoms with van der Waals surface area (Å²) in [4.78, 5) is 23.8. The average molecular weight is 377 g/mol. The third-order valence-electron chi connectivity index (χ3n) is 4.68. The van der Waals surface area contributed by atoms with Gasteiger partial charge in [0.2, 0.25) is 0 Å². The number of anilines is 1. The summed E-state index contributed by atoms with van der Waals surface area (Å²) in [5, 5.41) is 0.662. The van der Waals surface area contributed by atoms with Gasteiger partial charge in [0, 0.05) is 0 Å². The van der Waals surface area contributed by atoms with Gasteiger partial charge in [-0.3, -0.25) is 9.69 Å². The van der Waals surface area contributed by atoms with E-state index in [0.29, 0.717) is 23.1 Å². The van der Waals surface area contributed by atoms with Crippen LogP contribution in [0.15, 0.2) is 53.3 Å². The van der Waals surface area contributed by atoms with Crippen molar-refractivity contribution in [3.05, 3.63) is 77.0 Å². The Labute approximate surface area is 161 Å². The molecule has 5 nitrogen and oxygen atoms in total. The number of aromatic nitrogens is 2. The average Bonchev–Trinajstić information content (AvgIpc) is 3.30. The number of hydrogen-bond donors (Lipinski definition) is 0. The third-order valence-corrected chi connectivity index (χ3v) is 5.72. The molecule has 27 heavy (non-hydrogen) atoms. The molecule has 136 valence electrons. The van der Waals surface area contributed by atoms with E-state index in [2.05, 4.69) is 31.0 Å². The molecule has 2 aromatic carbocycles. The van der Waals surface area contributed by atoms with Crippen molar-refractivity contribution in [1.29, 1.82) is 0 Å². The largest absolute Gasteiger partial charge is 0.448 e. The maximum atomic E-state index is 13.2. The van der Waals surface area contributed by atoms with Crippen molar-refractivity contribution in [3.8, 4) is 0 Å². The van der Waals surface area contributed by atoms with Gasteiger partial charge in [0.25, 0.3) is 5.91 Å². The third kappa shape index (κ3) is 3.24. The molecule has 2 heterocycles. The highest BCUT2D eigenvalue weighted by Gasteiger charge is 2.25. The molecule has 0 saturated heterocycles. The summed E-state index contributed by atoms with van der Waals surface area (Å²) >= 11 is 1.51. The van der Waals surface area contributed by atoms with E-state index in [1.807, 2.05) is 30.3 Å². The van der Waals surface area contributed by atoms with Crippen LogP contribution in [-0.2, 0) is 6.54 Å². The molecule has 6 heteroatoms. The lowest BCUT2D eigenvalue weighted by molar-refractivity contribution is 0.0979. The number of carbonyl (C=O) groups is 1. The summed E-state index contributed by atoms with van der Waals surface area (Å²) in [7, 11) is 0. The number of rotatable bonds is 4. The Bertz CT molecular complexity index is 1120. The van der Waals surface area contributed by atoms with Gasteiger partial charge in [-0.1, -0.05) is 47.7 Å². The first-order chi connectivity index (χ1) is 13.0. The van der Waals surface area contributed by atoms with E-state index in [1.165, 1.54) is 23.3 Å². The number of carbonyl (C=O) groups excluding carboxylic acids is 1. The quantitative estimate of drug-likeness (QED) is 0.499. The summed E-state index contributed by atoms with van der Waals surface area (Å²) in [6, 6.07) is 14.0. The Morgan fingerprint density at radius 1 is 1.11 bits per heavy atom. The van der Waals surface area contributed by atoms with Gasteiger partial charge in [0.15, 0.2) is 17.2 Å². The monoisotopic (exact) mass is 377 g/mol. The summed E-state index contributed by atoms with van der Waals surface area (Å²) in [5.41, 5.74) is 4.61. The van der Waals surface area contributed by atoms with Crippen LogP contribution in [0.3, 0.4) is 0 Å². The van der Waals surface area contributed by atoms with Gasteiger partial charge in [-0.2, -0.15) is 0 Å². The molecule has 0 aliphatic rings. The maximum Gasteiger partial charge on any atom is 0.282 e. The van der Waals surface area contributed by atoms with Crippen molar-refractivity contribution in [3.63, 3.8) is 0 Å². The first-order valence-corrected chi connectivity index (χ1v) is 9.49. The zero-order chi connectivity index (χ0) is 19.0. The second-order valence-corrected chi connectivity index (χ2v) is 7.49. The Hall–Kier alpha value is -2.99. The van der Waals surface area contributed by atoms with Crippen LogP contribution in [0.2, 0.25) is 0 Å². The minimum Gasteiger partial charge on any atom is -0.448 e. The van der Waals surface area contributed by atoms with E-state index >= 15 is 0 Å². The van der Waals surface area contributed by atoms with E-state index in [1.54, 1.807) is 11.8 Å². The van der Waals surface area contributed by atoms with Crippen LogP contribution >= 0.6 is 11.3 Å². The minimum absolute atomic E-state index is 0.210. The van der Waals surface area contributed by atoms with Gasteiger partial charge in [0.05, 0.1) is 16.8 Å². The predicted molar refractivity (Wildman–Crippen MR) is 107 cm³/mol. The van der Waals surface area contributed by atoms with E-state index in [9.17, 15) is 4.79 Å². The smallest absolute Gasteiger partial charge is 0.282 e. The minimum atomic E-state index is -0.210. The van der Waals surface area contributed by atoms with Crippen LogP contribution in [0.25, 0.3) is 10.2 Å². The molecule has 4 rings (SSSR count). The number of benzene rings is 2. The number of fused-ring (bicyclic) bond motifs is 1. The number of oxazole rings is 1. The molecule has 0 aliphatic heterocycles. The number of aryl methyl sites for hydroxylation is 3. The van der Waals surface area contributed by atoms with E-state index < -0.39 is 0 Å². The summed E-state index contributed by atoms with van der Waals surface area (Å²) in [5.74, 6) is 0.296. The Kier molecular flexibility index (Phi) is 4.49. The van der Waals surface area contributed by atoms with Crippen molar-refractivity contribution in [2.75, 3.05) is 4.90 Å². The summed E-state index contributed by atoms with van der Waals surface area (Å²) < 4.78 is 6.31. The van der Waals surface area contributed by atoms with Gasteiger partial charge in [-0.15, -0.1) is 0 Å². The standard InChI is InChI=1S/C21H19N3O2S/c1-13-9-10-17-18(14(13)2)23-21(27-17)24(11-16-7-5-4-6-8-16)20(25)19-15(3)26-12-22-19/h4-10,12H,11H2,1-3H3. The Morgan fingerprint density at radius 2 is 1.89 bits per heavy atom. The van der Waals surface area contributed by atoms with Crippen LogP contribution in [0.4, 0.5) is 5.13 Å². The second-order valence-electron chi connectivity index (χ2n) is 6.48. The van der Waals surface area contributed by atoms with Crippen LogP contribution in [0, 0.1) is 20.8 Å². The molecule has 0 aliphatic carbocycles. The maximum absolute atomic E-state index is 13.2. The molecule has 0 fully saturated rings. The Balaban J connectivity index is 1.81. The fraction of sp³-hybridized carbons (Fsp3) is 0.190. The lowest BCUT2D eigenvalue weighted by Gasteiger charge is -2.19. The number of nitrogens with zero attached hydrogens (tertiary/aromatic N) is 3. The van der Waals surface area contributed by atoms with Gasteiger partial charge in [-0.25, -0.2) is 9.97 Å². The zero-order valence-electron chi connectivity index (χ0n) is 15.4. The lowest BCUT2D eigenvalue weighted by Crippen LogP contribution is -2.31. The molecule has 0 spiro atoms. The number of thiazole rings is 1. The Morgan fingerprint density at radius 3 is 2.59 bits per heavy atom. The van der Waals surface area contributed by atoms with E-state index in [4.69, 9.17) is 9.40 Å². The van der Waals surface area contributed by atoms with Gasteiger partial charge < -0.3 is 4.42 Å². The van der Waals surface area contributed by atoms with Crippen molar-refractivity contribution in [1.82, 2.24) is 9.97 Å². The molecule has 0 saturated carbocycles. The fourth-order valence-electron chi connectivity index (χ4n) is 2.96. The summed E-state index contributed by atoms with van der Waals surface area (Å²) in [6.07, 6.45) is 1.30. The van der Waals surface area contributed by atoms with Crippen LogP contribution in [0.5, 0.6) is 0 Å². The van der Waals surface area contributed by atoms with Gasteiger partial charge in [-0.05, 0) is 43.5 Å². The predicted octanol–water partition coefficient (Wildman–Crippen LogP) is 5.06. The molecule has 0 atom stereocenters. The first-order valence-electron chi connectivity index (χ1n) is 8.67. The molecule has 2 aromatic heterocycles. The second kappa shape index (κ2) is 6.96. The van der Waals surface area contributed by atoms with E-state index in [-0.39, 0.29) is 5.91 Å². The zero-order valence-corrected chi connectivity index (χ0v) is 16.2. The van der Waals surface area contributed by atoms with E-state index in [0.717, 1.165) is 21.3 Å². The molecular formula is C21H19N3O2S. The molecule has 0 N–H and O–H groups in total. The van der Waals surface area contributed by atoms with Gasteiger partial charge in [0.1, 0.15) is 5.76 Å². The highest BCUT2D eigenvalue weighted by molar-refractivity contribution is 7.22. The lowest BCUT2D eigenvalue weighted by atomic mass is 10.1. The fourth-order valence-corrected chi connectivity index (χ4v) is 3.98. The van der Waals surface area contributed by atoms with Crippen molar-refractivity contribution in [2.24, 2.45) is 0 Å². The first kappa shape index (κ1) is 17.4.